The van der Waals surface area contributed by atoms with Crippen LogP contribution in [-0.2, 0) is 9.53 Å². The number of hydrogen-bond donors (Lipinski definition) is 0. The van der Waals surface area contributed by atoms with E-state index in [0.29, 0.717) is 13.0 Å². The Kier molecular flexibility index (Phi) is 8.16. The number of esters is 1. The second-order valence-corrected chi connectivity index (χ2v) is 6.51. The van der Waals surface area contributed by atoms with Crippen LogP contribution in [0, 0.1) is 0 Å². The summed E-state index contributed by atoms with van der Waals surface area (Å²) in [6.45, 7) is 4.93. The maximum Gasteiger partial charge on any atom is 0.307 e. The van der Waals surface area contributed by atoms with Gasteiger partial charge in [-0.1, -0.05) is 62.9 Å². The van der Waals surface area contributed by atoms with E-state index >= 15 is 0 Å². The van der Waals surface area contributed by atoms with E-state index in [4.69, 9.17) is 4.74 Å². The number of piperidine rings is 1. The highest BCUT2D eigenvalue weighted by atomic mass is 16.5. The van der Waals surface area contributed by atoms with Crippen molar-refractivity contribution in [3.8, 4) is 0 Å². The normalized spacial score (nSPS) is 16.9. The third-order valence-electron chi connectivity index (χ3n) is 4.64. The van der Waals surface area contributed by atoms with Crippen LogP contribution in [-0.4, -0.2) is 30.6 Å². The molecule has 0 bridgehead atoms. The second kappa shape index (κ2) is 10.4. The Labute approximate surface area is 141 Å². The van der Waals surface area contributed by atoms with Gasteiger partial charge in [0.05, 0.1) is 13.0 Å². The lowest BCUT2D eigenvalue weighted by Crippen LogP contribution is -2.35. The van der Waals surface area contributed by atoms with Crippen LogP contribution in [0.25, 0.3) is 0 Å². The van der Waals surface area contributed by atoms with E-state index in [1.807, 2.05) is 6.07 Å². The molecule has 0 amide bonds. The molecule has 2 rings (SSSR count). The minimum absolute atomic E-state index is 0.0547. The van der Waals surface area contributed by atoms with Crippen molar-refractivity contribution in [1.29, 1.82) is 0 Å². The largest absolute Gasteiger partial charge is 0.466 e. The Morgan fingerprint density at radius 1 is 1.09 bits per heavy atom. The molecule has 1 aliphatic rings. The van der Waals surface area contributed by atoms with Crippen molar-refractivity contribution >= 4 is 5.97 Å². The van der Waals surface area contributed by atoms with E-state index in [2.05, 4.69) is 36.1 Å². The molecular weight excluding hydrogens is 286 g/mol. The van der Waals surface area contributed by atoms with Gasteiger partial charge in [0.1, 0.15) is 0 Å². The number of likely N-dealkylation sites (tertiary alicyclic amines) is 1. The molecule has 3 heteroatoms. The molecule has 1 aromatic carbocycles. The number of benzene rings is 1. The standard InChI is InChI=1S/C20H31NO2/c1-2-3-4-11-16-23-20(22)17-19(18-12-7-5-8-13-18)21-14-9-6-10-15-21/h5,7-8,12-13,19H,2-4,6,9-11,14-17H2,1H3/t19-/m1/s1. The van der Waals surface area contributed by atoms with Gasteiger partial charge in [0.15, 0.2) is 0 Å². The summed E-state index contributed by atoms with van der Waals surface area (Å²) in [5, 5.41) is 0. The number of carbonyl (C=O) groups excluding carboxylic acids is 1. The predicted molar refractivity (Wildman–Crippen MR) is 94.3 cm³/mol. The molecule has 1 saturated heterocycles. The third kappa shape index (κ3) is 6.34. The zero-order valence-electron chi connectivity index (χ0n) is 14.5. The Balaban J connectivity index is 1.88. The molecule has 3 nitrogen and oxygen atoms in total. The second-order valence-electron chi connectivity index (χ2n) is 6.51. The lowest BCUT2D eigenvalue weighted by atomic mass is 9.99. The summed E-state index contributed by atoms with van der Waals surface area (Å²) in [4.78, 5) is 14.7. The smallest absolute Gasteiger partial charge is 0.307 e. The molecule has 128 valence electrons. The summed E-state index contributed by atoms with van der Waals surface area (Å²) in [6.07, 6.45) is 8.80. The molecule has 1 atom stereocenters. The summed E-state index contributed by atoms with van der Waals surface area (Å²) >= 11 is 0. The van der Waals surface area contributed by atoms with Crippen molar-refractivity contribution in [3.63, 3.8) is 0 Å². The zero-order valence-corrected chi connectivity index (χ0v) is 14.5. The molecule has 0 saturated carbocycles. The van der Waals surface area contributed by atoms with Crippen LogP contribution < -0.4 is 0 Å². The lowest BCUT2D eigenvalue weighted by molar-refractivity contribution is -0.145. The first-order valence-electron chi connectivity index (χ1n) is 9.26. The Hall–Kier alpha value is -1.35. The van der Waals surface area contributed by atoms with Gasteiger partial charge in [-0.15, -0.1) is 0 Å². The summed E-state index contributed by atoms with van der Waals surface area (Å²) in [5.41, 5.74) is 1.23. The number of rotatable bonds is 9. The molecule has 0 unspecified atom stereocenters. The third-order valence-corrected chi connectivity index (χ3v) is 4.64. The fraction of sp³-hybridized carbons (Fsp3) is 0.650. The Morgan fingerprint density at radius 2 is 1.83 bits per heavy atom. The van der Waals surface area contributed by atoms with Gasteiger partial charge < -0.3 is 4.74 Å². The van der Waals surface area contributed by atoms with Crippen LogP contribution >= 0.6 is 0 Å². The van der Waals surface area contributed by atoms with Crippen LogP contribution in [0.4, 0.5) is 0 Å². The quantitative estimate of drug-likeness (QED) is 0.487. The lowest BCUT2D eigenvalue weighted by Gasteiger charge is -2.34. The molecule has 0 N–H and O–H groups in total. The first-order valence-corrected chi connectivity index (χ1v) is 9.26. The van der Waals surface area contributed by atoms with Gasteiger partial charge in [0.2, 0.25) is 0 Å². The van der Waals surface area contributed by atoms with E-state index in [1.54, 1.807) is 0 Å². The first-order chi connectivity index (χ1) is 11.3. The van der Waals surface area contributed by atoms with E-state index in [9.17, 15) is 4.79 Å². The van der Waals surface area contributed by atoms with Gasteiger partial charge in [0, 0.05) is 6.04 Å². The van der Waals surface area contributed by atoms with Gasteiger partial charge in [-0.3, -0.25) is 9.69 Å². The van der Waals surface area contributed by atoms with Crippen molar-refractivity contribution in [2.75, 3.05) is 19.7 Å². The van der Waals surface area contributed by atoms with Gasteiger partial charge in [-0.25, -0.2) is 0 Å². The van der Waals surface area contributed by atoms with E-state index in [0.717, 1.165) is 25.9 Å². The molecule has 1 aliphatic heterocycles. The monoisotopic (exact) mass is 317 g/mol. The van der Waals surface area contributed by atoms with E-state index < -0.39 is 0 Å². The van der Waals surface area contributed by atoms with Crippen molar-refractivity contribution in [1.82, 2.24) is 4.90 Å². The first kappa shape index (κ1) is 18.0. The minimum Gasteiger partial charge on any atom is -0.466 e. The summed E-state index contributed by atoms with van der Waals surface area (Å²) < 4.78 is 5.47. The summed E-state index contributed by atoms with van der Waals surface area (Å²) in [7, 11) is 0. The fourth-order valence-corrected chi connectivity index (χ4v) is 3.29. The molecular formula is C20H31NO2. The molecule has 1 fully saturated rings. The molecule has 1 aromatic rings. The van der Waals surface area contributed by atoms with Crippen molar-refractivity contribution in [2.45, 2.75) is 64.3 Å². The highest BCUT2D eigenvalue weighted by Crippen LogP contribution is 2.27. The highest BCUT2D eigenvalue weighted by Gasteiger charge is 2.25. The molecule has 1 heterocycles. The Bertz CT molecular complexity index is 440. The number of unbranched alkanes of at least 4 members (excludes halogenated alkanes) is 3. The van der Waals surface area contributed by atoms with E-state index in [1.165, 1.54) is 37.7 Å². The topological polar surface area (TPSA) is 29.5 Å². The average molecular weight is 317 g/mol. The zero-order chi connectivity index (χ0) is 16.3. The molecule has 23 heavy (non-hydrogen) atoms. The minimum atomic E-state index is -0.0547. The van der Waals surface area contributed by atoms with Gasteiger partial charge in [-0.05, 0) is 37.9 Å². The Morgan fingerprint density at radius 3 is 2.52 bits per heavy atom. The molecule has 0 spiro atoms. The number of ether oxygens (including phenoxy) is 1. The number of carbonyl (C=O) groups is 1. The van der Waals surface area contributed by atoms with Gasteiger partial charge in [-0.2, -0.15) is 0 Å². The molecule has 0 aromatic heterocycles. The fourth-order valence-electron chi connectivity index (χ4n) is 3.29. The summed E-state index contributed by atoms with van der Waals surface area (Å²) in [6, 6.07) is 10.6. The van der Waals surface area contributed by atoms with Gasteiger partial charge in [0.25, 0.3) is 0 Å². The maximum absolute atomic E-state index is 12.3. The van der Waals surface area contributed by atoms with Crippen molar-refractivity contribution < 1.29 is 9.53 Å². The predicted octanol–water partition coefficient (Wildman–Crippen LogP) is 4.73. The number of hydrogen-bond acceptors (Lipinski definition) is 3. The van der Waals surface area contributed by atoms with Crippen LogP contribution in [0.15, 0.2) is 30.3 Å². The van der Waals surface area contributed by atoms with Crippen LogP contribution in [0.3, 0.4) is 0 Å². The van der Waals surface area contributed by atoms with Crippen LogP contribution in [0.1, 0.15) is 69.9 Å². The van der Waals surface area contributed by atoms with Crippen molar-refractivity contribution in [2.24, 2.45) is 0 Å². The summed E-state index contributed by atoms with van der Waals surface area (Å²) in [5.74, 6) is -0.0547. The SMILES string of the molecule is CCCCCCOC(=O)C[C@H](c1ccccc1)N1CCCCC1. The molecule has 0 radical (unpaired) electrons. The van der Waals surface area contributed by atoms with Gasteiger partial charge >= 0.3 is 5.97 Å². The maximum atomic E-state index is 12.3. The van der Waals surface area contributed by atoms with Crippen LogP contribution in [0.5, 0.6) is 0 Å². The highest BCUT2D eigenvalue weighted by molar-refractivity contribution is 5.70. The average Bonchev–Trinajstić information content (AvgIpc) is 2.61. The molecule has 0 aliphatic carbocycles. The van der Waals surface area contributed by atoms with Crippen molar-refractivity contribution in [3.05, 3.63) is 35.9 Å². The van der Waals surface area contributed by atoms with Crippen LogP contribution in [0.2, 0.25) is 0 Å². The number of nitrogens with zero attached hydrogens (tertiary/aromatic N) is 1. The van der Waals surface area contributed by atoms with E-state index in [-0.39, 0.29) is 12.0 Å².